The topological polar surface area (TPSA) is 12.0 Å². The zero-order valence-corrected chi connectivity index (χ0v) is 12.7. The molecule has 0 bridgehead atoms. The van der Waals surface area contributed by atoms with Crippen LogP contribution < -0.4 is 5.32 Å². The molecular formula is C17H29N. The van der Waals surface area contributed by atoms with Gasteiger partial charge in [-0.25, -0.2) is 0 Å². The van der Waals surface area contributed by atoms with E-state index in [4.69, 9.17) is 0 Å². The van der Waals surface area contributed by atoms with Crippen LogP contribution in [0.3, 0.4) is 0 Å². The van der Waals surface area contributed by atoms with Gasteiger partial charge < -0.3 is 5.32 Å². The Hall–Kier alpha value is -0.820. The minimum atomic E-state index is 0.645. The number of hydrogen-bond acceptors (Lipinski definition) is 1. The van der Waals surface area contributed by atoms with Gasteiger partial charge in [-0.1, -0.05) is 39.0 Å². The van der Waals surface area contributed by atoms with Crippen molar-refractivity contribution >= 4 is 0 Å². The Kier molecular flexibility index (Phi) is 6.42. The molecule has 0 saturated heterocycles. The number of benzene rings is 1. The van der Waals surface area contributed by atoms with E-state index in [1.54, 1.807) is 0 Å². The summed E-state index contributed by atoms with van der Waals surface area (Å²) in [5.41, 5.74) is 4.28. The van der Waals surface area contributed by atoms with Crippen LogP contribution >= 0.6 is 0 Å². The third-order valence-corrected chi connectivity index (χ3v) is 3.91. The molecule has 0 aliphatic heterocycles. The number of aryl methyl sites for hydroxylation is 2. The zero-order valence-electron chi connectivity index (χ0n) is 12.7. The highest BCUT2D eigenvalue weighted by Crippen LogP contribution is 2.17. The molecule has 1 aromatic carbocycles. The highest BCUT2D eigenvalue weighted by atomic mass is 14.9. The highest BCUT2D eigenvalue weighted by Gasteiger charge is 2.15. The quantitative estimate of drug-likeness (QED) is 0.759. The first-order chi connectivity index (χ1) is 8.58. The number of nitrogens with one attached hydrogen (secondary N) is 1. The van der Waals surface area contributed by atoms with Crippen LogP contribution in [0, 0.1) is 19.8 Å². The average molecular weight is 247 g/mol. The van der Waals surface area contributed by atoms with E-state index in [1.165, 1.54) is 36.0 Å². The van der Waals surface area contributed by atoms with Gasteiger partial charge in [0.15, 0.2) is 0 Å². The van der Waals surface area contributed by atoms with E-state index in [-0.39, 0.29) is 0 Å². The summed E-state index contributed by atoms with van der Waals surface area (Å²) in [6.45, 7) is 12.4. The smallest absolute Gasteiger partial charge is 0.00932 e. The van der Waals surface area contributed by atoms with Gasteiger partial charge in [0.05, 0.1) is 0 Å². The minimum absolute atomic E-state index is 0.645. The maximum absolute atomic E-state index is 3.67. The standard InChI is InChI=1S/C17H29N/c1-6-10-18-17(7-2)15(5)12-16-9-8-13(3)14(4)11-16/h8-9,11,15,17-18H,6-7,10,12H2,1-5H3. The molecule has 18 heavy (non-hydrogen) atoms. The molecular weight excluding hydrogens is 218 g/mol. The maximum Gasteiger partial charge on any atom is 0.00932 e. The van der Waals surface area contributed by atoms with E-state index >= 15 is 0 Å². The van der Waals surface area contributed by atoms with Gasteiger partial charge in [-0.2, -0.15) is 0 Å². The molecule has 1 rings (SSSR count). The van der Waals surface area contributed by atoms with Gasteiger partial charge >= 0.3 is 0 Å². The second kappa shape index (κ2) is 7.58. The number of rotatable bonds is 7. The van der Waals surface area contributed by atoms with Crippen LogP contribution in [0.4, 0.5) is 0 Å². The molecule has 1 N–H and O–H groups in total. The summed E-state index contributed by atoms with van der Waals surface area (Å²) in [7, 11) is 0. The van der Waals surface area contributed by atoms with Crippen molar-refractivity contribution in [2.45, 2.75) is 59.9 Å². The Morgan fingerprint density at radius 2 is 1.83 bits per heavy atom. The fraction of sp³-hybridized carbons (Fsp3) is 0.647. The highest BCUT2D eigenvalue weighted by molar-refractivity contribution is 5.30. The Labute approximate surface area is 113 Å². The normalized spacial score (nSPS) is 14.5. The third-order valence-electron chi connectivity index (χ3n) is 3.91. The molecule has 0 radical (unpaired) electrons. The van der Waals surface area contributed by atoms with Gasteiger partial charge in [0.2, 0.25) is 0 Å². The van der Waals surface area contributed by atoms with E-state index in [0.29, 0.717) is 12.0 Å². The summed E-state index contributed by atoms with van der Waals surface area (Å²) in [6, 6.07) is 7.52. The second-order valence-corrected chi connectivity index (χ2v) is 5.57. The monoisotopic (exact) mass is 247 g/mol. The molecule has 0 heterocycles. The van der Waals surface area contributed by atoms with E-state index < -0.39 is 0 Å². The Morgan fingerprint density at radius 1 is 1.11 bits per heavy atom. The summed E-state index contributed by atoms with van der Waals surface area (Å²) in [4.78, 5) is 0. The summed E-state index contributed by atoms with van der Waals surface area (Å²) in [5.74, 6) is 0.698. The summed E-state index contributed by atoms with van der Waals surface area (Å²) in [6.07, 6.45) is 3.61. The zero-order chi connectivity index (χ0) is 13.5. The van der Waals surface area contributed by atoms with Gasteiger partial charge in [0.1, 0.15) is 0 Å². The Balaban J connectivity index is 2.61. The molecule has 2 unspecified atom stereocenters. The van der Waals surface area contributed by atoms with Crippen molar-refractivity contribution in [3.63, 3.8) is 0 Å². The molecule has 1 aromatic rings. The lowest BCUT2D eigenvalue weighted by Gasteiger charge is -2.24. The second-order valence-electron chi connectivity index (χ2n) is 5.57. The Morgan fingerprint density at radius 3 is 2.39 bits per heavy atom. The van der Waals surface area contributed by atoms with E-state index in [9.17, 15) is 0 Å². The molecule has 0 aliphatic rings. The van der Waals surface area contributed by atoms with E-state index in [0.717, 1.165) is 6.54 Å². The maximum atomic E-state index is 3.67. The predicted octanol–water partition coefficient (Wildman–Crippen LogP) is 4.26. The summed E-state index contributed by atoms with van der Waals surface area (Å²) < 4.78 is 0. The summed E-state index contributed by atoms with van der Waals surface area (Å²) in [5, 5.41) is 3.67. The van der Waals surface area contributed by atoms with Crippen LogP contribution in [0.1, 0.15) is 50.3 Å². The molecule has 0 amide bonds. The lowest BCUT2D eigenvalue weighted by molar-refractivity contribution is 0.364. The first kappa shape index (κ1) is 15.2. The summed E-state index contributed by atoms with van der Waals surface area (Å²) >= 11 is 0. The van der Waals surface area contributed by atoms with Crippen molar-refractivity contribution in [3.05, 3.63) is 34.9 Å². The van der Waals surface area contributed by atoms with Crippen molar-refractivity contribution in [2.24, 2.45) is 5.92 Å². The van der Waals surface area contributed by atoms with Crippen molar-refractivity contribution in [1.29, 1.82) is 0 Å². The lowest BCUT2D eigenvalue weighted by Crippen LogP contribution is -2.35. The lowest BCUT2D eigenvalue weighted by atomic mass is 9.91. The van der Waals surface area contributed by atoms with Gasteiger partial charge in [0.25, 0.3) is 0 Å². The van der Waals surface area contributed by atoms with E-state index in [1.807, 2.05) is 0 Å². The number of hydrogen-bond donors (Lipinski definition) is 1. The van der Waals surface area contributed by atoms with E-state index in [2.05, 4.69) is 58.1 Å². The molecule has 0 spiro atoms. The van der Waals surface area contributed by atoms with Crippen LogP contribution in [0.5, 0.6) is 0 Å². The van der Waals surface area contributed by atoms with Crippen molar-refractivity contribution in [1.82, 2.24) is 5.32 Å². The molecule has 1 nitrogen and oxygen atoms in total. The van der Waals surface area contributed by atoms with Crippen molar-refractivity contribution < 1.29 is 0 Å². The predicted molar refractivity (Wildman–Crippen MR) is 81.2 cm³/mol. The fourth-order valence-electron chi connectivity index (χ4n) is 2.52. The molecule has 0 fully saturated rings. The first-order valence-electron chi connectivity index (χ1n) is 7.38. The van der Waals surface area contributed by atoms with Crippen LogP contribution in [-0.4, -0.2) is 12.6 Å². The fourth-order valence-corrected chi connectivity index (χ4v) is 2.52. The average Bonchev–Trinajstić information content (AvgIpc) is 2.35. The third kappa shape index (κ3) is 4.45. The van der Waals surface area contributed by atoms with Gasteiger partial charge in [-0.15, -0.1) is 0 Å². The van der Waals surface area contributed by atoms with Gasteiger partial charge in [0, 0.05) is 6.04 Å². The first-order valence-corrected chi connectivity index (χ1v) is 7.38. The van der Waals surface area contributed by atoms with Crippen molar-refractivity contribution in [2.75, 3.05) is 6.54 Å². The molecule has 0 aliphatic carbocycles. The molecule has 2 atom stereocenters. The van der Waals surface area contributed by atoms with Crippen LogP contribution in [0.15, 0.2) is 18.2 Å². The molecule has 1 heteroatoms. The minimum Gasteiger partial charge on any atom is -0.314 e. The Bertz CT molecular complexity index is 357. The van der Waals surface area contributed by atoms with Crippen molar-refractivity contribution in [3.8, 4) is 0 Å². The largest absolute Gasteiger partial charge is 0.314 e. The van der Waals surface area contributed by atoms with Crippen LogP contribution in [0.2, 0.25) is 0 Å². The van der Waals surface area contributed by atoms with Gasteiger partial charge in [-0.3, -0.25) is 0 Å². The molecule has 0 saturated carbocycles. The molecule has 102 valence electrons. The van der Waals surface area contributed by atoms with Crippen LogP contribution in [-0.2, 0) is 6.42 Å². The molecule has 0 aromatic heterocycles. The SMILES string of the molecule is CCCNC(CC)C(C)Cc1ccc(C)c(C)c1. The van der Waals surface area contributed by atoms with Crippen LogP contribution in [0.25, 0.3) is 0 Å². The van der Waals surface area contributed by atoms with Gasteiger partial charge in [-0.05, 0) is 62.3 Å².